The van der Waals surface area contributed by atoms with E-state index in [0.29, 0.717) is 11.1 Å². The first-order valence-corrected chi connectivity index (χ1v) is 9.27. The third-order valence-electron chi connectivity index (χ3n) is 3.67. The molecule has 0 radical (unpaired) electrons. The Morgan fingerprint density at radius 2 is 1.75 bits per heavy atom. The van der Waals surface area contributed by atoms with E-state index < -0.39 is 20.8 Å². The number of azide groups is 1. The first-order valence-electron chi connectivity index (χ1n) is 7.83. The van der Waals surface area contributed by atoms with Crippen LogP contribution in [0.4, 0.5) is 5.69 Å². The summed E-state index contributed by atoms with van der Waals surface area (Å²) in [7, 11) is -4.70. The van der Waals surface area contributed by atoms with E-state index in [1.807, 2.05) is 0 Å². The van der Waals surface area contributed by atoms with Gasteiger partial charge in [-0.05, 0) is 35.7 Å². The van der Waals surface area contributed by atoms with Crippen molar-refractivity contribution in [1.82, 2.24) is 0 Å². The molecular weight excluding hydrogens is 382 g/mol. The van der Waals surface area contributed by atoms with E-state index in [9.17, 15) is 22.6 Å². The van der Waals surface area contributed by atoms with Gasteiger partial charge in [0, 0.05) is 16.0 Å². The summed E-state index contributed by atoms with van der Waals surface area (Å²) in [4.78, 5) is 26.1. The van der Waals surface area contributed by atoms with Crippen LogP contribution in [-0.2, 0) is 10.1 Å². The Kier molecular flexibility index (Phi) is 6.27. The molecule has 0 fully saturated rings. The van der Waals surface area contributed by atoms with Gasteiger partial charge >= 0.3 is 0 Å². The fourth-order valence-corrected chi connectivity index (χ4v) is 3.18. The summed E-state index contributed by atoms with van der Waals surface area (Å²) in [6, 6.07) is 9.89. The van der Waals surface area contributed by atoms with E-state index in [1.165, 1.54) is 48.5 Å². The molecule has 0 unspecified atom stereocenters. The van der Waals surface area contributed by atoms with Gasteiger partial charge in [-0.1, -0.05) is 54.2 Å². The zero-order valence-corrected chi connectivity index (χ0v) is 15.5. The average molecular weight is 397 g/mol. The number of allylic oxidation sites excluding steroid dienone is 2. The van der Waals surface area contributed by atoms with E-state index in [0.717, 1.165) is 6.08 Å². The van der Waals surface area contributed by atoms with Gasteiger partial charge in [-0.3, -0.25) is 14.1 Å². The van der Waals surface area contributed by atoms with Crippen LogP contribution in [-0.4, -0.2) is 24.5 Å². The van der Waals surface area contributed by atoms with E-state index >= 15 is 0 Å². The molecule has 0 aliphatic rings. The first kappa shape index (κ1) is 20.8. The van der Waals surface area contributed by atoms with Crippen molar-refractivity contribution in [2.24, 2.45) is 5.11 Å². The average Bonchev–Trinajstić information content (AvgIpc) is 2.65. The molecule has 8 nitrogen and oxygen atoms in total. The maximum Gasteiger partial charge on any atom is 0.295 e. The Hall–Kier alpha value is -3.52. The van der Waals surface area contributed by atoms with Crippen LogP contribution in [0.15, 0.2) is 70.7 Å². The van der Waals surface area contributed by atoms with E-state index in [-0.39, 0.29) is 22.6 Å². The normalized spacial score (nSPS) is 11.1. The van der Waals surface area contributed by atoms with Crippen molar-refractivity contribution < 1.29 is 22.6 Å². The Balaban J connectivity index is 2.37. The van der Waals surface area contributed by atoms with Crippen LogP contribution in [0.1, 0.15) is 33.2 Å². The van der Waals surface area contributed by atoms with E-state index in [1.54, 1.807) is 6.92 Å². The fourth-order valence-electron chi connectivity index (χ4n) is 2.38. The molecular formula is C19H15N3O5S. The van der Waals surface area contributed by atoms with Gasteiger partial charge in [-0.15, -0.1) is 0 Å². The number of nitrogens with zero attached hydrogens (tertiary/aromatic N) is 3. The summed E-state index contributed by atoms with van der Waals surface area (Å²) in [5.41, 5.74) is 9.27. The molecule has 2 aromatic rings. The smallest absolute Gasteiger partial charge is 0.289 e. The van der Waals surface area contributed by atoms with Gasteiger partial charge in [0.2, 0.25) is 0 Å². The summed E-state index contributed by atoms with van der Waals surface area (Å²) >= 11 is 0. The molecule has 2 aromatic carbocycles. The minimum atomic E-state index is -4.70. The van der Waals surface area contributed by atoms with Crippen molar-refractivity contribution in [2.45, 2.75) is 11.8 Å². The number of benzene rings is 2. The Morgan fingerprint density at radius 1 is 1.14 bits per heavy atom. The van der Waals surface area contributed by atoms with Gasteiger partial charge < -0.3 is 0 Å². The molecule has 0 bridgehead atoms. The number of hydrogen-bond donors (Lipinski definition) is 1. The molecule has 2 rings (SSSR count). The third kappa shape index (κ3) is 4.80. The molecule has 9 heteroatoms. The van der Waals surface area contributed by atoms with Crippen LogP contribution in [0.2, 0.25) is 0 Å². The van der Waals surface area contributed by atoms with Crippen molar-refractivity contribution in [3.63, 3.8) is 0 Å². The van der Waals surface area contributed by atoms with Crippen molar-refractivity contribution in [3.8, 4) is 0 Å². The zero-order chi connectivity index (χ0) is 20.9. The lowest BCUT2D eigenvalue weighted by molar-refractivity contribution is 0.102. The van der Waals surface area contributed by atoms with Gasteiger partial charge in [0.15, 0.2) is 11.6 Å². The predicted octanol–water partition coefficient (Wildman–Crippen LogP) is 4.53. The summed E-state index contributed by atoms with van der Waals surface area (Å²) in [5, 5.41) is 3.24. The Labute approximate surface area is 161 Å². The second-order valence-corrected chi connectivity index (χ2v) is 7.10. The lowest BCUT2D eigenvalue weighted by atomic mass is 10.0. The molecule has 142 valence electrons. The van der Waals surface area contributed by atoms with Gasteiger partial charge in [-0.25, -0.2) is 0 Å². The highest BCUT2D eigenvalue weighted by Gasteiger charge is 2.18. The highest BCUT2D eigenvalue weighted by molar-refractivity contribution is 7.86. The molecule has 0 saturated carbocycles. The largest absolute Gasteiger partial charge is 0.295 e. The number of rotatable bonds is 7. The van der Waals surface area contributed by atoms with Crippen LogP contribution >= 0.6 is 0 Å². The van der Waals surface area contributed by atoms with Crippen molar-refractivity contribution in [1.29, 1.82) is 0 Å². The summed E-state index contributed by atoms with van der Waals surface area (Å²) < 4.78 is 32.7. The first-order chi connectivity index (χ1) is 13.1. The van der Waals surface area contributed by atoms with Crippen LogP contribution < -0.4 is 0 Å². The van der Waals surface area contributed by atoms with Crippen LogP contribution in [0.3, 0.4) is 0 Å². The van der Waals surface area contributed by atoms with Gasteiger partial charge in [0.25, 0.3) is 10.1 Å². The minimum absolute atomic E-state index is 0.0187. The van der Waals surface area contributed by atoms with Gasteiger partial charge in [0.05, 0.1) is 5.69 Å². The molecule has 0 heterocycles. The molecule has 0 spiro atoms. The molecule has 0 atom stereocenters. The second-order valence-electron chi connectivity index (χ2n) is 5.74. The highest BCUT2D eigenvalue weighted by Crippen LogP contribution is 2.29. The summed E-state index contributed by atoms with van der Waals surface area (Å²) in [6.07, 6.45) is 2.30. The lowest BCUT2D eigenvalue weighted by Crippen LogP contribution is -2.02. The van der Waals surface area contributed by atoms with Crippen LogP contribution in [0.25, 0.3) is 16.5 Å². The quantitative estimate of drug-likeness (QED) is 0.183. The second kappa shape index (κ2) is 8.45. The molecule has 1 N–H and O–H groups in total. The Bertz CT molecular complexity index is 1140. The minimum Gasteiger partial charge on any atom is -0.289 e. The van der Waals surface area contributed by atoms with Crippen molar-refractivity contribution >= 4 is 33.4 Å². The van der Waals surface area contributed by atoms with Crippen molar-refractivity contribution in [2.75, 3.05) is 0 Å². The number of ketones is 2. The number of carbonyl (C=O) groups excluding carboxylic acids is 2. The number of Topliss-reactive ketones (excluding diaryl/α,β-unsaturated/α-hetero) is 1. The molecule has 0 aliphatic heterocycles. The van der Waals surface area contributed by atoms with Crippen LogP contribution in [0.5, 0.6) is 0 Å². The third-order valence-corrected chi connectivity index (χ3v) is 4.63. The zero-order valence-electron chi connectivity index (χ0n) is 14.7. The topological polar surface area (TPSA) is 137 Å². The van der Waals surface area contributed by atoms with E-state index in [4.69, 9.17) is 5.53 Å². The monoisotopic (exact) mass is 397 g/mol. The van der Waals surface area contributed by atoms with E-state index in [2.05, 4.69) is 16.6 Å². The maximum absolute atomic E-state index is 12.3. The molecule has 28 heavy (non-hydrogen) atoms. The number of carbonyl (C=O) groups is 2. The van der Waals surface area contributed by atoms with Gasteiger partial charge in [0.1, 0.15) is 4.90 Å². The molecule has 0 aliphatic carbocycles. The summed E-state index contributed by atoms with van der Waals surface area (Å²) in [6.45, 7) is 5.16. The van der Waals surface area contributed by atoms with Crippen LogP contribution in [0, 0.1) is 0 Å². The SMILES string of the molecule is C=C(C)C(=O)c1ccc(C(=O)C=Cc2cccc(N=[N+]=[N-])c2S(=O)(=O)O)cc1. The molecule has 0 aromatic heterocycles. The van der Waals surface area contributed by atoms with Crippen molar-refractivity contribution in [3.05, 3.63) is 87.8 Å². The standard InChI is InChI=1S/C19H15N3O5S/c1-12(2)18(24)14-8-6-13(7-9-14)17(23)11-10-15-4-3-5-16(21-22-20)19(15)28(25,26)27/h3-11H,1H2,2H3,(H,25,26,27). The fraction of sp³-hybridized carbons (Fsp3) is 0.0526. The molecule has 0 saturated heterocycles. The Morgan fingerprint density at radius 3 is 2.29 bits per heavy atom. The predicted molar refractivity (Wildman–Crippen MR) is 104 cm³/mol. The summed E-state index contributed by atoms with van der Waals surface area (Å²) in [5.74, 6) is -0.688. The molecule has 0 amide bonds. The maximum atomic E-state index is 12.3. The lowest BCUT2D eigenvalue weighted by Gasteiger charge is -2.06. The highest BCUT2D eigenvalue weighted by atomic mass is 32.2. The number of hydrogen-bond acceptors (Lipinski definition) is 5. The van der Waals surface area contributed by atoms with Gasteiger partial charge in [-0.2, -0.15) is 8.42 Å².